The minimum atomic E-state index is -0.780. The van der Waals surface area contributed by atoms with Crippen molar-refractivity contribution in [3.05, 3.63) is 94.8 Å². The number of likely N-dealkylation sites (tertiary alicyclic amines) is 1. The molecule has 0 unspecified atom stereocenters. The quantitative estimate of drug-likeness (QED) is 0.174. The monoisotopic (exact) mass is 512 g/mol. The smallest absolute Gasteiger partial charge is 0.295 e. The highest BCUT2D eigenvalue weighted by Gasteiger charge is 2.46. The first-order valence-corrected chi connectivity index (χ1v) is 13.2. The van der Waals surface area contributed by atoms with E-state index in [9.17, 15) is 14.7 Å². The number of hydrogen-bond donors (Lipinski definition) is 1. The minimum Gasteiger partial charge on any atom is -0.507 e. The van der Waals surface area contributed by atoms with Crippen LogP contribution in [0.2, 0.25) is 0 Å². The van der Waals surface area contributed by atoms with Gasteiger partial charge in [-0.3, -0.25) is 14.6 Å². The summed E-state index contributed by atoms with van der Waals surface area (Å²) >= 11 is 0. The first kappa shape index (κ1) is 25.5. The molecule has 38 heavy (non-hydrogen) atoms. The summed E-state index contributed by atoms with van der Waals surface area (Å²) in [7, 11) is 0. The fraction of sp³-hybridized carbons (Fsp3) is 0.323. The predicted molar refractivity (Wildman–Crippen MR) is 144 cm³/mol. The zero-order valence-electron chi connectivity index (χ0n) is 21.7. The van der Waals surface area contributed by atoms with Crippen molar-refractivity contribution >= 4 is 17.4 Å². The maximum Gasteiger partial charge on any atom is 0.295 e. The first-order chi connectivity index (χ1) is 18.5. The maximum atomic E-state index is 13.4. The largest absolute Gasteiger partial charge is 0.507 e. The van der Waals surface area contributed by atoms with Gasteiger partial charge in [-0.05, 0) is 66.4 Å². The van der Waals surface area contributed by atoms with Crippen LogP contribution in [-0.4, -0.2) is 39.4 Å². The summed E-state index contributed by atoms with van der Waals surface area (Å²) in [4.78, 5) is 32.5. The van der Waals surface area contributed by atoms with Crippen LogP contribution < -0.4 is 9.47 Å². The van der Waals surface area contributed by atoms with Gasteiger partial charge in [-0.2, -0.15) is 0 Å². The third-order valence-electron chi connectivity index (χ3n) is 6.98. The average molecular weight is 513 g/mol. The van der Waals surface area contributed by atoms with E-state index in [2.05, 4.69) is 11.9 Å². The summed E-state index contributed by atoms with van der Waals surface area (Å²) in [5.41, 5.74) is 2.99. The van der Waals surface area contributed by atoms with Crippen LogP contribution in [0.15, 0.2) is 72.6 Å². The summed E-state index contributed by atoms with van der Waals surface area (Å²) in [6.07, 6.45) is 7.22. The van der Waals surface area contributed by atoms with E-state index in [-0.39, 0.29) is 24.0 Å². The number of rotatable bonds is 9. The number of pyridine rings is 1. The van der Waals surface area contributed by atoms with Gasteiger partial charge in [0.25, 0.3) is 11.7 Å². The fourth-order valence-electron chi connectivity index (χ4n) is 5.12. The third kappa shape index (κ3) is 5.14. The lowest BCUT2D eigenvalue weighted by molar-refractivity contribution is -0.140. The van der Waals surface area contributed by atoms with Gasteiger partial charge in [0.2, 0.25) is 0 Å². The van der Waals surface area contributed by atoms with Crippen LogP contribution in [0.5, 0.6) is 11.5 Å². The molecule has 3 heterocycles. The highest BCUT2D eigenvalue weighted by atomic mass is 16.5. The molecule has 0 saturated carbocycles. The molecule has 2 atom stereocenters. The Hall–Kier alpha value is -4.13. The number of carbonyl (C=O) groups is 2. The Labute approximate surface area is 222 Å². The number of nitrogens with zero attached hydrogens (tertiary/aromatic N) is 2. The normalized spacial score (nSPS) is 19.9. The molecule has 5 rings (SSSR count). The van der Waals surface area contributed by atoms with E-state index in [4.69, 9.17) is 9.47 Å². The molecule has 0 spiro atoms. The van der Waals surface area contributed by atoms with Crippen LogP contribution in [0, 0.1) is 0 Å². The molecule has 196 valence electrons. The predicted octanol–water partition coefficient (Wildman–Crippen LogP) is 5.60. The van der Waals surface area contributed by atoms with Gasteiger partial charge in [-0.25, -0.2) is 0 Å². The topological polar surface area (TPSA) is 89.0 Å². The molecule has 0 radical (unpaired) electrons. The van der Waals surface area contributed by atoms with Crippen LogP contribution in [0.3, 0.4) is 0 Å². The summed E-state index contributed by atoms with van der Waals surface area (Å²) in [6.45, 7) is 4.89. The van der Waals surface area contributed by atoms with E-state index in [0.717, 1.165) is 36.1 Å². The van der Waals surface area contributed by atoms with Crippen molar-refractivity contribution in [2.75, 3.05) is 6.61 Å². The number of unbranched alkanes of at least 4 members (excludes halogenated alkanes) is 2. The van der Waals surface area contributed by atoms with Gasteiger partial charge >= 0.3 is 0 Å². The van der Waals surface area contributed by atoms with Crippen LogP contribution in [0.4, 0.5) is 0 Å². The van der Waals surface area contributed by atoms with Crippen molar-refractivity contribution < 1.29 is 24.2 Å². The molecule has 0 aliphatic carbocycles. The number of hydrogen-bond acceptors (Lipinski definition) is 6. The lowest BCUT2D eigenvalue weighted by Crippen LogP contribution is -2.29. The Kier molecular flexibility index (Phi) is 7.45. The minimum absolute atomic E-state index is 0.0486. The average Bonchev–Trinajstić information content (AvgIpc) is 3.42. The molecule has 2 aliphatic rings. The van der Waals surface area contributed by atoms with E-state index >= 15 is 0 Å². The Balaban J connectivity index is 1.56. The number of Topliss-reactive ketones (excluding diaryl/α,β-unsaturated/α-hetero) is 1. The number of benzene rings is 2. The van der Waals surface area contributed by atoms with E-state index in [0.29, 0.717) is 29.9 Å². The van der Waals surface area contributed by atoms with Gasteiger partial charge in [0.05, 0.1) is 18.2 Å². The van der Waals surface area contributed by atoms with Gasteiger partial charge in [0.1, 0.15) is 23.4 Å². The van der Waals surface area contributed by atoms with E-state index in [1.807, 2.05) is 43.3 Å². The number of carbonyl (C=O) groups excluding carboxylic acids is 2. The van der Waals surface area contributed by atoms with E-state index < -0.39 is 17.7 Å². The van der Waals surface area contributed by atoms with Crippen molar-refractivity contribution in [2.24, 2.45) is 0 Å². The van der Waals surface area contributed by atoms with Crippen LogP contribution in [-0.2, 0) is 22.6 Å². The zero-order chi connectivity index (χ0) is 26.6. The zero-order valence-corrected chi connectivity index (χ0v) is 21.7. The number of amides is 1. The van der Waals surface area contributed by atoms with Gasteiger partial charge in [-0.1, -0.05) is 38.0 Å². The van der Waals surface area contributed by atoms with E-state index in [1.165, 1.54) is 4.90 Å². The number of aliphatic hydroxyl groups excluding tert-OH is 1. The molecule has 1 amide bonds. The van der Waals surface area contributed by atoms with Crippen molar-refractivity contribution in [1.29, 1.82) is 0 Å². The Morgan fingerprint density at radius 3 is 2.79 bits per heavy atom. The summed E-state index contributed by atoms with van der Waals surface area (Å²) < 4.78 is 11.8. The second-order valence-electron chi connectivity index (χ2n) is 9.87. The molecule has 0 bridgehead atoms. The fourth-order valence-corrected chi connectivity index (χ4v) is 5.12. The third-order valence-corrected chi connectivity index (χ3v) is 6.98. The number of ketones is 1. The highest BCUT2D eigenvalue weighted by Crippen LogP contribution is 2.42. The maximum absolute atomic E-state index is 13.4. The molecule has 7 nitrogen and oxygen atoms in total. The molecule has 2 aromatic carbocycles. The first-order valence-electron chi connectivity index (χ1n) is 13.2. The van der Waals surface area contributed by atoms with Gasteiger partial charge < -0.3 is 19.5 Å². The molecule has 1 aromatic heterocycles. The van der Waals surface area contributed by atoms with Crippen molar-refractivity contribution in [3.8, 4) is 11.5 Å². The van der Waals surface area contributed by atoms with Crippen molar-refractivity contribution in [1.82, 2.24) is 9.88 Å². The number of ether oxygens (including phenoxy) is 2. The second kappa shape index (κ2) is 11.1. The van der Waals surface area contributed by atoms with Crippen molar-refractivity contribution in [2.45, 2.75) is 58.2 Å². The SMILES string of the molecule is CCCCCOc1cccc([C@H]2C(=C(O)c3ccc4c(c3)C[C@H](C)O4)C(=O)C(=O)N2Cc2cccnc2)c1. The van der Waals surface area contributed by atoms with Gasteiger partial charge in [0, 0.05) is 30.9 Å². The Bertz CT molecular complexity index is 1370. The van der Waals surface area contributed by atoms with Gasteiger partial charge in [-0.15, -0.1) is 0 Å². The lowest BCUT2D eigenvalue weighted by atomic mass is 9.94. The number of aromatic nitrogens is 1. The number of fused-ring (bicyclic) bond motifs is 1. The van der Waals surface area contributed by atoms with Crippen LogP contribution >= 0.6 is 0 Å². The molecule has 1 saturated heterocycles. The van der Waals surface area contributed by atoms with Gasteiger partial charge in [0.15, 0.2) is 0 Å². The molecule has 2 aliphatic heterocycles. The highest BCUT2D eigenvalue weighted by molar-refractivity contribution is 6.46. The number of aliphatic hydroxyl groups is 1. The van der Waals surface area contributed by atoms with Crippen molar-refractivity contribution in [3.63, 3.8) is 0 Å². The Morgan fingerprint density at radius 2 is 2.00 bits per heavy atom. The molecular formula is C31H32N2O5. The van der Waals surface area contributed by atoms with Crippen LogP contribution in [0.1, 0.15) is 61.4 Å². The summed E-state index contributed by atoms with van der Waals surface area (Å²) in [5, 5.41) is 11.5. The molecule has 7 heteroatoms. The van der Waals surface area contributed by atoms with E-state index in [1.54, 1.807) is 30.6 Å². The summed E-state index contributed by atoms with van der Waals surface area (Å²) in [5.74, 6) is -0.132. The second-order valence-corrected chi connectivity index (χ2v) is 9.87. The van der Waals surface area contributed by atoms with Crippen LogP contribution in [0.25, 0.3) is 5.76 Å². The molecular weight excluding hydrogens is 480 g/mol. The molecule has 3 aromatic rings. The summed E-state index contributed by atoms with van der Waals surface area (Å²) in [6, 6.07) is 15.7. The molecule has 1 N–H and O–H groups in total. The molecule has 1 fully saturated rings. The lowest BCUT2D eigenvalue weighted by Gasteiger charge is -2.25. The standard InChI is InChI=1S/C31H32N2O5/c1-3-4-5-14-37-25-10-6-9-22(17-25)28-27(29(34)23-11-12-26-24(16-23)15-20(2)38-26)30(35)31(36)33(28)19-21-8-7-13-32-18-21/h6-13,16-18,20,28,34H,3-5,14-15,19H2,1-2H3/t20-,28-/m0/s1. The Morgan fingerprint density at radius 1 is 1.13 bits per heavy atom.